The maximum Gasteiger partial charge on any atom is 0.239 e. The van der Waals surface area contributed by atoms with Crippen LogP contribution in [0.15, 0.2) is 12.3 Å². The molecule has 4 N–H and O–H groups in total. The molecule has 7 heteroatoms. The Hall–Kier alpha value is -2.02. The molecule has 0 saturated carbocycles. The summed E-state index contributed by atoms with van der Waals surface area (Å²) in [6.45, 7) is 1.87. The summed E-state index contributed by atoms with van der Waals surface area (Å²) in [7, 11) is 0. The number of amides is 2. The molecule has 0 spiro atoms. The van der Waals surface area contributed by atoms with Gasteiger partial charge >= 0.3 is 0 Å². The van der Waals surface area contributed by atoms with Gasteiger partial charge in [0.1, 0.15) is 5.82 Å². The van der Waals surface area contributed by atoms with Crippen molar-refractivity contribution < 1.29 is 9.59 Å². The van der Waals surface area contributed by atoms with Gasteiger partial charge in [0.05, 0.1) is 25.3 Å². The van der Waals surface area contributed by atoms with Crippen LogP contribution in [0.1, 0.15) is 11.5 Å². The fourth-order valence-electron chi connectivity index (χ4n) is 1.11. The maximum atomic E-state index is 11.3. The number of aromatic nitrogens is 2. The van der Waals surface area contributed by atoms with Gasteiger partial charge in [0, 0.05) is 6.20 Å². The molecule has 7 nitrogen and oxygen atoms in total. The number of rotatable bonds is 5. The molecule has 0 aromatic carbocycles. The average Bonchev–Trinajstić information content (AvgIpc) is 2.33. The molecule has 0 atom stereocenters. The number of aryl methyl sites for hydroxylation is 1. The van der Waals surface area contributed by atoms with E-state index in [4.69, 9.17) is 5.73 Å². The van der Waals surface area contributed by atoms with E-state index in [0.29, 0.717) is 12.4 Å². The van der Waals surface area contributed by atoms with Gasteiger partial charge in [-0.15, -0.1) is 0 Å². The van der Waals surface area contributed by atoms with Crippen LogP contribution in [-0.4, -0.2) is 34.9 Å². The third-order valence-corrected chi connectivity index (χ3v) is 1.93. The van der Waals surface area contributed by atoms with Gasteiger partial charge < -0.3 is 16.4 Å². The van der Waals surface area contributed by atoms with Gasteiger partial charge in [0.25, 0.3) is 0 Å². The molecular weight excluding hydrogens is 222 g/mol. The van der Waals surface area contributed by atoms with Gasteiger partial charge in [-0.2, -0.15) is 0 Å². The van der Waals surface area contributed by atoms with E-state index < -0.39 is 0 Å². The first-order valence-corrected chi connectivity index (χ1v) is 5.14. The SMILES string of the molecule is Cc1nccc(CNC(=O)CNC(=O)CN)n1. The van der Waals surface area contributed by atoms with Crippen molar-refractivity contribution >= 4 is 11.8 Å². The van der Waals surface area contributed by atoms with Gasteiger partial charge in [-0.1, -0.05) is 0 Å². The number of hydrogen-bond acceptors (Lipinski definition) is 5. The number of hydrogen-bond donors (Lipinski definition) is 3. The Bertz CT molecular complexity index is 407. The lowest BCUT2D eigenvalue weighted by Gasteiger charge is -2.06. The van der Waals surface area contributed by atoms with Crippen molar-refractivity contribution in [3.8, 4) is 0 Å². The molecule has 1 aromatic rings. The molecule has 0 saturated heterocycles. The third-order valence-electron chi connectivity index (χ3n) is 1.93. The van der Waals surface area contributed by atoms with Crippen molar-refractivity contribution in [2.45, 2.75) is 13.5 Å². The van der Waals surface area contributed by atoms with Crippen molar-refractivity contribution in [3.05, 3.63) is 23.8 Å². The van der Waals surface area contributed by atoms with Crippen molar-refractivity contribution in [1.82, 2.24) is 20.6 Å². The highest BCUT2D eigenvalue weighted by molar-refractivity contribution is 5.85. The van der Waals surface area contributed by atoms with E-state index in [9.17, 15) is 9.59 Å². The zero-order valence-electron chi connectivity index (χ0n) is 9.56. The van der Waals surface area contributed by atoms with Crippen LogP contribution in [0.25, 0.3) is 0 Å². The van der Waals surface area contributed by atoms with E-state index in [1.165, 1.54) is 0 Å². The molecule has 0 radical (unpaired) electrons. The first-order chi connectivity index (χ1) is 8.11. The summed E-state index contributed by atoms with van der Waals surface area (Å²) in [6, 6.07) is 1.71. The monoisotopic (exact) mass is 237 g/mol. The summed E-state index contributed by atoms with van der Waals surface area (Å²) in [6.07, 6.45) is 1.63. The van der Waals surface area contributed by atoms with Crippen LogP contribution < -0.4 is 16.4 Å². The number of carbonyl (C=O) groups is 2. The summed E-state index contributed by atoms with van der Waals surface area (Å²) < 4.78 is 0. The number of nitrogens with two attached hydrogens (primary N) is 1. The molecule has 0 aliphatic carbocycles. The normalized spacial score (nSPS) is 9.76. The molecule has 1 rings (SSSR count). The van der Waals surface area contributed by atoms with Crippen molar-refractivity contribution in [2.24, 2.45) is 5.73 Å². The Morgan fingerprint density at radius 1 is 1.35 bits per heavy atom. The topological polar surface area (TPSA) is 110 Å². The zero-order chi connectivity index (χ0) is 12.7. The predicted molar refractivity (Wildman–Crippen MR) is 60.7 cm³/mol. The fraction of sp³-hybridized carbons (Fsp3) is 0.400. The van der Waals surface area contributed by atoms with Crippen molar-refractivity contribution in [3.63, 3.8) is 0 Å². The Labute approximate surface area is 98.8 Å². The molecule has 1 aromatic heterocycles. The molecule has 92 valence electrons. The molecule has 17 heavy (non-hydrogen) atoms. The molecule has 0 unspecified atom stereocenters. The van der Waals surface area contributed by atoms with Crippen molar-refractivity contribution in [1.29, 1.82) is 0 Å². The summed E-state index contributed by atoms with van der Waals surface area (Å²) in [5.74, 6) is -0.00530. The molecule has 1 heterocycles. The highest BCUT2D eigenvalue weighted by Gasteiger charge is 2.04. The third kappa shape index (κ3) is 5.03. The molecule has 0 bridgehead atoms. The average molecular weight is 237 g/mol. The number of nitrogens with zero attached hydrogens (tertiary/aromatic N) is 2. The van der Waals surface area contributed by atoms with E-state index in [1.54, 1.807) is 19.2 Å². The Kier molecular flexibility index (Phi) is 5.02. The van der Waals surface area contributed by atoms with E-state index >= 15 is 0 Å². The minimum absolute atomic E-state index is 0.0832. The molecule has 2 amide bonds. The van der Waals surface area contributed by atoms with E-state index in [1.807, 2.05) is 0 Å². The lowest BCUT2D eigenvalue weighted by Crippen LogP contribution is -2.39. The van der Waals surface area contributed by atoms with Gasteiger partial charge in [-0.3, -0.25) is 9.59 Å². The standard InChI is InChI=1S/C10H15N5O2/c1-7-12-3-2-8(15-7)5-13-10(17)6-14-9(16)4-11/h2-3H,4-6,11H2,1H3,(H,13,17)(H,14,16). The molecule has 0 aliphatic heterocycles. The Morgan fingerprint density at radius 2 is 2.12 bits per heavy atom. The molecule has 0 aliphatic rings. The smallest absolute Gasteiger partial charge is 0.239 e. The minimum atomic E-state index is -0.363. The van der Waals surface area contributed by atoms with Crippen LogP contribution in [0.4, 0.5) is 0 Å². The van der Waals surface area contributed by atoms with E-state index in [0.717, 1.165) is 5.69 Å². The fourth-order valence-corrected chi connectivity index (χ4v) is 1.11. The largest absolute Gasteiger partial charge is 0.349 e. The van der Waals surface area contributed by atoms with Gasteiger partial charge in [0.2, 0.25) is 11.8 Å². The zero-order valence-corrected chi connectivity index (χ0v) is 9.56. The van der Waals surface area contributed by atoms with Crippen LogP contribution in [0, 0.1) is 6.92 Å². The molecule has 0 fully saturated rings. The Balaban J connectivity index is 2.31. The van der Waals surface area contributed by atoms with Crippen LogP contribution in [0.3, 0.4) is 0 Å². The highest BCUT2D eigenvalue weighted by Crippen LogP contribution is 1.93. The van der Waals surface area contributed by atoms with E-state index in [2.05, 4.69) is 20.6 Å². The second-order valence-electron chi connectivity index (χ2n) is 3.35. The number of carbonyl (C=O) groups excluding carboxylic acids is 2. The summed E-state index contributed by atoms with van der Waals surface area (Å²) in [5, 5.41) is 4.99. The number of nitrogens with one attached hydrogen (secondary N) is 2. The van der Waals surface area contributed by atoms with Gasteiger partial charge in [-0.05, 0) is 13.0 Å². The second-order valence-corrected chi connectivity index (χ2v) is 3.35. The molecular formula is C10H15N5O2. The van der Waals surface area contributed by atoms with Gasteiger partial charge in [0.15, 0.2) is 0 Å². The second kappa shape index (κ2) is 6.54. The minimum Gasteiger partial charge on any atom is -0.349 e. The van der Waals surface area contributed by atoms with Crippen LogP contribution >= 0.6 is 0 Å². The maximum absolute atomic E-state index is 11.3. The quantitative estimate of drug-likeness (QED) is 0.576. The lowest BCUT2D eigenvalue weighted by atomic mass is 10.4. The highest BCUT2D eigenvalue weighted by atomic mass is 16.2. The Morgan fingerprint density at radius 3 is 2.76 bits per heavy atom. The first kappa shape index (κ1) is 13.0. The predicted octanol–water partition coefficient (Wildman–Crippen LogP) is -1.52. The summed E-state index contributed by atoms with van der Waals surface area (Å²) >= 11 is 0. The van der Waals surface area contributed by atoms with Crippen LogP contribution in [0.2, 0.25) is 0 Å². The van der Waals surface area contributed by atoms with Gasteiger partial charge in [-0.25, -0.2) is 9.97 Å². The van der Waals surface area contributed by atoms with E-state index in [-0.39, 0.29) is 24.9 Å². The van der Waals surface area contributed by atoms with Crippen LogP contribution in [-0.2, 0) is 16.1 Å². The summed E-state index contributed by atoms with van der Waals surface area (Å²) in [4.78, 5) is 30.2. The first-order valence-electron chi connectivity index (χ1n) is 5.14. The van der Waals surface area contributed by atoms with Crippen LogP contribution in [0.5, 0.6) is 0 Å². The van der Waals surface area contributed by atoms with Crippen molar-refractivity contribution in [2.75, 3.05) is 13.1 Å². The lowest BCUT2D eigenvalue weighted by molar-refractivity contribution is -0.125. The summed E-state index contributed by atoms with van der Waals surface area (Å²) in [5.41, 5.74) is 5.80.